The van der Waals surface area contributed by atoms with Gasteiger partial charge in [-0.1, -0.05) is 17.3 Å². The number of alkyl halides is 3. The summed E-state index contributed by atoms with van der Waals surface area (Å²) in [7, 11) is 0. The van der Waals surface area contributed by atoms with E-state index in [4.69, 9.17) is 9.63 Å². The largest absolute Gasteiger partial charge is 0.573 e. The number of benzene rings is 1. The van der Waals surface area contributed by atoms with E-state index in [1.807, 2.05) is 0 Å². The molecule has 5 nitrogen and oxygen atoms in total. The van der Waals surface area contributed by atoms with E-state index >= 15 is 0 Å². The molecule has 0 saturated carbocycles. The first kappa shape index (κ1) is 13.9. The van der Waals surface area contributed by atoms with Crippen LogP contribution in [0.3, 0.4) is 0 Å². The minimum absolute atomic E-state index is 0.0531. The van der Waals surface area contributed by atoms with Crippen LogP contribution in [-0.2, 0) is 0 Å². The van der Waals surface area contributed by atoms with E-state index in [0.29, 0.717) is 0 Å². The molecule has 0 aliphatic heterocycles. The Hall–Kier alpha value is -2.51. The molecular formula is C12H8F3NO4. The second kappa shape index (κ2) is 4.87. The van der Waals surface area contributed by atoms with Crippen molar-refractivity contribution in [2.24, 2.45) is 0 Å². The van der Waals surface area contributed by atoms with Crippen molar-refractivity contribution in [1.29, 1.82) is 0 Å². The van der Waals surface area contributed by atoms with Crippen molar-refractivity contribution in [2.75, 3.05) is 0 Å². The van der Waals surface area contributed by atoms with Crippen molar-refractivity contribution >= 4 is 5.97 Å². The third-order valence-electron chi connectivity index (χ3n) is 2.42. The molecule has 106 valence electrons. The number of carboxylic acids is 1. The lowest BCUT2D eigenvalue weighted by molar-refractivity contribution is -0.274. The SMILES string of the molecule is Cc1onc(-c2cccc(OC(F)(F)F)c2)c1C(=O)O. The molecule has 0 atom stereocenters. The summed E-state index contributed by atoms with van der Waals surface area (Å²) in [5, 5.41) is 12.6. The third-order valence-corrected chi connectivity index (χ3v) is 2.42. The van der Waals surface area contributed by atoms with E-state index in [9.17, 15) is 18.0 Å². The van der Waals surface area contributed by atoms with Crippen molar-refractivity contribution in [3.63, 3.8) is 0 Å². The van der Waals surface area contributed by atoms with Gasteiger partial charge in [0.25, 0.3) is 0 Å². The molecule has 0 bridgehead atoms. The number of nitrogens with zero attached hydrogens (tertiary/aromatic N) is 1. The summed E-state index contributed by atoms with van der Waals surface area (Å²) >= 11 is 0. The average molecular weight is 287 g/mol. The first-order valence-corrected chi connectivity index (χ1v) is 5.33. The van der Waals surface area contributed by atoms with Gasteiger partial charge in [0.1, 0.15) is 22.8 Å². The number of hydrogen-bond donors (Lipinski definition) is 1. The maximum Gasteiger partial charge on any atom is 0.573 e. The summed E-state index contributed by atoms with van der Waals surface area (Å²) in [6, 6.07) is 4.85. The summed E-state index contributed by atoms with van der Waals surface area (Å²) in [6.07, 6.45) is -4.83. The van der Waals surface area contributed by atoms with Crippen LogP contribution in [0.1, 0.15) is 16.1 Å². The van der Waals surface area contributed by atoms with Crippen molar-refractivity contribution in [2.45, 2.75) is 13.3 Å². The molecule has 20 heavy (non-hydrogen) atoms. The second-order valence-corrected chi connectivity index (χ2v) is 3.84. The number of ether oxygens (including phenoxy) is 1. The average Bonchev–Trinajstić information content (AvgIpc) is 2.69. The van der Waals surface area contributed by atoms with Crippen LogP contribution >= 0.6 is 0 Å². The highest BCUT2D eigenvalue weighted by molar-refractivity contribution is 5.95. The number of aromatic nitrogens is 1. The molecule has 1 heterocycles. The highest BCUT2D eigenvalue weighted by atomic mass is 19.4. The lowest BCUT2D eigenvalue weighted by Crippen LogP contribution is -2.17. The van der Waals surface area contributed by atoms with Crippen LogP contribution in [0.4, 0.5) is 13.2 Å². The monoisotopic (exact) mass is 287 g/mol. The van der Waals surface area contributed by atoms with Crippen LogP contribution in [0.5, 0.6) is 5.75 Å². The van der Waals surface area contributed by atoms with Gasteiger partial charge in [-0.25, -0.2) is 4.79 Å². The van der Waals surface area contributed by atoms with E-state index in [1.54, 1.807) is 0 Å². The number of halogens is 3. The van der Waals surface area contributed by atoms with Crippen molar-refractivity contribution in [1.82, 2.24) is 5.16 Å². The fourth-order valence-corrected chi connectivity index (χ4v) is 1.66. The number of aromatic carboxylic acids is 1. The van der Waals surface area contributed by atoms with E-state index in [-0.39, 0.29) is 22.6 Å². The summed E-state index contributed by atoms with van der Waals surface area (Å²) in [5.41, 5.74) is -0.0993. The minimum Gasteiger partial charge on any atom is -0.477 e. The number of carbonyl (C=O) groups is 1. The zero-order valence-electron chi connectivity index (χ0n) is 10.1. The Bertz CT molecular complexity index is 648. The Morgan fingerprint density at radius 3 is 2.70 bits per heavy atom. The highest BCUT2D eigenvalue weighted by Gasteiger charge is 2.31. The summed E-state index contributed by atoms with van der Waals surface area (Å²) in [6.45, 7) is 1.40. The van der Waals surface area contributed by atoms with Gasteiger partial charge in [-0.05, 0) is 19.1 Å². The molecule has 0 fully saturated rings. The minimum atomic E-state index is -4.83. The maximum absolute atomic E-state index is 12.1. The van der Waals surface area contributed by atoms with Gasteiger partial charge in [-0.15, -0.1) is 13.2 Å². The molecule has 0 amide bonds. The number of rotatable bonds is 3. The molecule has 0 unspecified atom stereocenters. The van der Waals surface area contributed by atoms with Crippen molar-refractivity contribution < 1.29 is 32.3 Å². The molecular weight excluding hydrogens is 279 g/mol. The predicted molar refractivity (Wildman–Crippen MR) is 60.3 cm³/mol. The normalized spacial score (nSPS) is 11.4. The Balaban J connectivity index is 2.44. The van der Waals surface area contributed by atoms with Crippen LogP contribution in [0, 0.1) is 6.92 Å². The lowest BCUT2D eigenvalue weighted by atomic mass is 10.1. The van der Waals surface area contributed by atoms with E-state index in [2.05, 4.69) is 9.89 Å². The molecule has 2 aromatic rings. The van der Waals surface area contributed by atoms with E-state index < -0.39 is 18.1 Å². The maximum atomic E-state index is 12.1. The molecule has 8 heteroatoms. The van der Waals surface area contributed by atoms with Gasteiger partial charge in [-0.2, -0.15) is 0 Å². The van der Waals surface area contributed by atoms with Gasteiger partial charge in [-0.3, -0.25) is 0 Å². The van der Waals surface area contributed by atoms with E-state index in [0.717, 1.165) is 12.1 Å². The molecule has 0 aliphatic carbocycles. The van der Waals surface area contributed by atoms with E-state index in [1.165, 1.54) is 19.1 Å². The summed E-state index contributed by atoms with van der Waals surface area (Å²) < 4.78 is 44.9. The zero-order chi connectivity index (χ0) is 14.9. The van der Waals surface area contributed by atoms with Crippen molar-refractivity contribution in [3.05, 3.63) is 35.6 Å². The van der Waals surface area contributed by atoms with Gasteiger partial charge in [0, 0.05) is 5.56 Å². The number of hydrogen-bond acceptors (Lipinski definition) is 4. The van der Waals surface area contributed by atoms with Gasteiger partial charge < -0.3 is 14.4 Å². The van der Waals surface area contributed by atoms with Gasteiger partial charge in [0.05, 0.1) is 0 Å². The molecule has 0 spiro atoms. The number of aryl methyl sites for hydroxylation is 1. The Kier molecular flexibility index (Phi) is 3.39. The first-order chi connectivity index (χ1) is 9.28. The zero-order valence-corrected chi connectivity index (χ0v) is 10.1. The smallest absolute Gasteiger partial charge is 0.477 e. The van der Waals surface area contributed by atoms with Crippen molar-refractivity contribution in [3.8, 4) is 17.0 Å². The molecule has 0 saturated heterocycles. The molecule has 2 rings (SSSR count). The third kappa shape index (κ3) is 2.90. The van der Waals surface area contributed by atoms with Crippen LogP contribution in [-0.4, -0.2) is 22.6 Å². The Morgan fingerprint density at radius 2 is 2.10 bits per heavy atom. The lowest BCUT2D eigenvalue weighted by Gasteiger charge is -2.09. The second-order valence-electron chi connectivity index (χ2n) is 3.84. The standard InChI is InChI=1S/C12H8F3NO4/c1-6-9(11(17)18)10(16-20-6)7-3-2-4-8(5-7)19-12(13,14)15/h2-5H,1H3,(H,17,18). The predicted octanol–water partition coefficient (Wildman–Crippen LogP) is 3.25. The molecule has 1 aromatic carbocycles. The summed E-state index contributed by atoms with van der Waals surface area (Å²) in [4.78, 5) is 11.1. The number of carboxylic acid groups (broad SMARTS) is 1. The van der Waals surface area contributed by atoms with Crippen LogP contribution in [0.15, 0.2) is 28.8 Å². The van der Waals surface area contributed by atoms with Crippen LogP contribution in [0.2, 0.25) is 0 Å². The molecule has 0 aliphatic rings. The quantitative estimate of drug-likeness (QED) is 0.938. The first-order valence-electron chi connectivity index (χ1n) is 5.33. The van der Waals surface area contributed by atoms with Crippen LogP contribution in [0.25, 0.3) is 11.3 Å². The van der Waals surface area contributed by atoms with Gasteiger partial charge >= 0.3 is 12.3 Å². The Morgan fingerprint density at radius 1 is 1.40 bits per heavy atom. The Labute approximate surface area is 110 Å². The molecule has 1 N–H and O–H groups in total. The van der Waals surface area contributed by atoms with Gasteiger partial charge in [0.2, 0.25) is 0 Å². The van der Waals surface area contributed by atoms with Crippen LogP contribution < -0.4 is 4.74 Å². The fraction of sp³-hybridized carbons (Fsp3) is 0.167. The fourth-order valence-electron chi connectivity index (χ4n) is 1.66. The molecule has 1 aromatic heterocycles. The molecule has 0 radical (unpaired) electrons. The topological polar surface area (TPSA) is 72.6 Å². The summed E-state index contributed by atoms with van der Waals surface area (Å²) in [5.74, 6) is -1.68. The van der Waals surface area contributed by atoms with Gasteiger partial charge in [0.15, 0.2) is 0 Å². The highest BCUT2D eigenvalue weighted by Crippen LogP contribution is 2.30.